The van der Waals surface area contributed by atoms with Gasteiger partial charge in [0.25, 0.3) is 0 Å². The van der Waals surface area contributed by atoms with Gasteiger partial charge in [-0.05, 0) is 19.4 Å². The number of carbonyl (C=O) groups is 1. The van der Waals surface area contributed by atoms with Crippen LogP contribution in [0.2, 0.25) is 0 Å². The number of oxime groups is 1. The van der Waals surface area contributed by atoms with Crippen molar-refractivity contribution in [3.63, 3.8) is 0 Å². The number of Topliss-reactive ketones (excluding diaryl/α,β-unsaturated/α-hetero) is 1. The molecule has 0 saturated heterocycles. The number of hydrogen-bond donors (Lipinski definition) is 1. The minimum Gasteiger partial charge on any atom is -0.411 e. The van der Waals surface area contributed by atoms with Gasteiger partial charge in [-0.1, -0.05) is 29.4 Å². The lowest BCUT2D eigenvalue weighted by Gasteiger charge is -2.17. The van der Waals surface area contributed by atoms with Crippen LogP contribution < -0.4 is 0 Å². The molecule has 72 valence electrons. The number of hydrogen-bond acceptors (Lipinski definition) is 3. The second kappa shape index (κ2) is 2.67. The minimum absolute atomic E-state index is 0.173. The van der Waals surface area contributed by atoms with Gasteiger partial charge in [-0.25, -0.2) is 0 Å². The zero-order valence-corrected chi connectivity index (χ0v) is 8.11. The summed E-state index contributed by atoms with van der Waals surface area (Å²) in [6.45, 7) is 3.76. The Morgan fingerprint density at radius 3 is 2.50 bits per heavy atom. The Kier molecular flexibility index (Phi) is 1.71. The number of fused-ring (bicyclic) bond motifs is 1. The number of carbonyl (C=O) groups excluding carboxylic acids is 1. The van der Waals surface area contributed by atoms with Crippen molar-refractivity contribution < 1.29 is 10.0 Å². The largest absolute Gasteiger partial charge is 0.411 e. The second-order valence-corrected chi connectivity index (χ2v) is 3.95. The lowest BCUT2D eigenvalue weighted by Crippen LogP contribution is -2.27. The van der Waals surface area contributed by atoms with Gasteiger partial charge in [0.15, 0.2) is 0 Å². The average molecular weight is 189 g/mol. The molecular formula is C11H11NO2. The number of benzene rings is 1. The van der Waals surface area contributed by atoms with Gasteiger partial charge in [0.2, 0.25) is 5.78 Å². The van der Waals surface area contributed by atoms with Crippen LogP contribution in [-0.4, -0.2) is 16.7 Å². The van der Waals surface area contributed by atoms with E-state index in [-0.39, 0.29) is 11.5 Å². The zero-order valence-electron chi connectivity index (χ0n) is 8.11. The van der Waals surface area contributed by atoms with Crippen molar-refractivity contribution in [3.05, 3.63) is 35.4 Å². The molecule has 0 radical (unpaired) electrons. The molecule has 0 aromatic heterocycles. The van der Waals surface area contributed by atoms with Crippen molar-refractivity contribution in [2.75, 3.05) is 0 Å². The molecule has 0 unspecified atom stereocenters. The van der Waals surface area contributed by atoms with Crippen LogP contribution in [0.15, 0.2) is 29.4 Å². The molecule has 3 nitrogen and oxygen atoms in total. The molecule has 0 fully saturated rings. The lowest BCUT2D eigenvalue weighted by molar-refractivity contribution is 0.106. The van der Waals surface area contributed by atoms with Crippen molar-refractivity contribution >= 4 is 11.5 Å². The minimum atomic E-state index is -0.484. The van der Waals surface area contributed by atoms with E-state index in [1.807, 2.05) is 32.0 Å². The maximum atomic E-state index is 11.8. The molecular weight excluding hydrogens is 178 g/mol. The molecule has 3 heteroatoms. The fraction of sp³-hybridized carbons (Fsp3) is 0.273. The van der Waals surface area contributed by atoms with Crippen LogP contribution in [0.3, 0.4) is 0 Å². The molecule has 1 aromatic carbocycles. The first-order valence-electron chi connectivity index (χ1n) is 4.46. The predicted molar refractivity (Wildman–Crippen MR) is 53.0 cm³/mol. The first-order chi connectivity index (χ1) is 6.59. The maximum absolute atomic E-state index is 11.8. The molecule has 1 aliphatic carbocycles. The van der Waals surface area contributed by atoms with E-state index in [0.29, 0.717) is 5.56 Å². The van der Waals surface area contributed by atoms with Gasteiger partial charge in [-0.3, -0.25) is 4.79 Å². The SMILES string of the molecule is CC1(C)/C(=N\O)C(=O)c2ccccc21. The number of ketones is 1. The highest BCUT2D eigenvalue weighted by atomic mass is 16.4. The molecule has 0 spiro atoms. The molecule has 1 N–H and O–H groups in total. The summed E-state index contributed by atoms with van der Waals surface area (Å²) in [5, 5.41) is 11.9. The second-order valence-electron chi connectivity index (χ2n) is 3.95. The molecule has 0 saturated carbocycles. The summed E-state index contributed by atoms with van der Waals surface area (Å²) in [5.41, 5.74) is 1.31. The van der Waals surface area contributed by atoms with E-state index in [9.17, 15) is 4.79 Å². The van der Waals surface area contributed by atoms with Crippen LogP contribution in [0.5, 0.6) is 0 Å². The maximum Gasteiger partial charge on any atom is 0.211 e. The summed E-state index contributed by atoms with van der Waals surface area (Å²) in [4.78, 5) is 11.8. The topological polar surface area (TPSA) is 49.7 Å². The molecule has 0 aliphatic heterocycles. The summed E-state index contributed by atoms with van der Waals surface area (Å²) in [7, 11) is 0. The predicted octanol–water partition coefficient (Wildman–Crippen LogP) is 1.99. The standard InChI is InChI=1S/C11H11NO2/c1-11(2)8-6-4-3-5-7(8)9(13)10(11)12-14/h3-6,14H,1-2H3/b12-10-. The molecule has 2 rings (SSSR count). The van der Waals surface area contributed by atoms with Crippen molar-refractivity contribution in [3.8, 4) is 0 Å². The molecule has 14 heavy (non-hydrogen) atoms. The quantitative estimate of drug-likeness (QED) is 0.501. The van der Waals surface area contributed by atoms with E-state index in [0.717, 1.165) is 5.56 Å². The van der Waals surface area contributed by atoms with Crippen LogP contribution in [0, 0.1) is 0 Å². The Morgan fingerprint density at radius 1 is 1.29 bits per heavy atom. The Balaban J connectivity index is 2.74. The van der Waals surface area contributed by atoms with Gasteiger partial charge in [0.1, 0.15) is 5.71 Å². The van der Waals surface area contributed by atoms with Crippen LogP contribution >= 0.6 is 0 Å². The van der Waals surface area contributed by atoms with Crippen molar-refractivity contribution in [2.45, 2.75) is 19.3 Å². The lowest BCUT2D eigenvalue weighted by atomic mass is 9.85. The third-order valence-electron chi connectivity index (χ3n) is 2.75. The zero-order chi connectivity index (χ0) is 10.3. The van der Waals surface area contributed by atoms with Gasteiger partial charge in [0, 0.05) is 11.0 Å². The molecule has 1 aliphatic rings. The summed E-state index contributed by atoms with van der Waals surface area (Å²) in [5.74, 6) is -0.173. The third-order valence-corrected chi connectivity index (χ3v) is 2.75. The highest BCUT2D eigenvalue weighted by Crippen LogP contribution is 2.35. The van der Waals surface area contributed by atoms with Gasteiger partial charge in [0.05, 0.1) is 0 Å². The Bertz CT molecular complexity index is 433. The van der Waals surface area contributed by atoms with E-state index >= 15 is 0 Å². The highest BCUT2D eigenvalue weighted by Gasteiger charge is 2.42. The third kappa shape index (κ3) is 0.923. The van der Waals surface area contributed by atoms with E-state index < -0.39 is 5.41 Å². The first-order valence-corrected chi connectivity index (χ1v) is 4.46. The fourth-order valence-corrected chi connectivity index (χ4v) is 1.94. The van der Waals surface area contributed by atoms with Gasteiger partial charge in [-0.15, -0.1) is 0 Å². The Morgan fingerprint density at radius 2 is 1.93 bits per heavy atom. The molecule has 0 amide bonds. The average Bonchev–Trinajstić information content (AvgIpc) is 2.36. The Hall–Kier alpha value is -1.64. The molecule has 1 aromatic rings. The van der Waals surface area contributed by atoms with E-state index in [1.165, 1.54) is 0 Å². The van der Waals surface area contributed by atoms with Crippen LogP contribution in [0.4, 0.5) is 0 Å². The van der Waals surface area contributed by atoms with Crippen molar-refractivity contribution in [1.82, 2.24) is 0 Å². The Labute approximate surface area is 82.1 Å². The monoisotopic (exact) mass is 189 g/mol. The van der Waals surface area contributed by atoms with E-state index in [2.05, 4.69) is 5.16 Å². The van der Waals surface area contributed by atoms with Crippen molar-refractivity contribution in [1.29, 1.82) is 0 Å². The van der Waals surface area contributed by atoms with Crippen LogP contribution in [-0.2, 0) is 5.41 Å². The van der Waals surface area contributed by atoms with Crippen molar-refractivity contribution in [2.24, 2.45) is 5.16 Å². The van der Waals surface area contributed by atoms with Gasteiger partial charge >= 0.3 is 0 Å². The summed E-state index contributed by atoms with van der Waals surface area (Å²) in [6.07, 6.45) is 0. The number of nitrogens with zero attached hydrogens (tertiary/aromatic N) is 1. The highest BCUT2D eigenvalue weighted by molar-refractivity contribution is 6.52. The van der Waals surface area contributed by atoms with Gasteiger partial charge < -0.3 is 5.21 Å². The molecule has 0 atom stereocenters. The van der Waals surface area contributed by atoms with E-state index in [4.69, 9.17) is 5.21 Å². The van der Waals surface area contributed by atoms with Crippen LogP contribution in [0.25, 0.3) is 0 Å². The number of rotatable bonds is 0. The van der Waals surface area contributed by atoms with Crippen LogP contribution in [0.1, 0.15) is 29.8 Å². The van der Waals surface area contributed by atoms with E-state index in [1.54, 1.807) is 6.07 Å². The molecule has 0 bridgehead atoms. The smallest absolute Gasteiger partial charge is 0.211 e. The van der Waals surface area contributed by atoms with Gasteiger partial charge in [-0.2, -0.15) is 0 Å². The first kappa shape index (κ1) is 8.94. The summed E-state index contributed by atoms with van der Waals surface area (Å²) < 4.78 is 0. The summed E-state index contributed by atoms with van der Waals surface area (Å²) >= 11 is 0. The molecule has 0 heterocycles. The summed E-state index contributed by atoms with van der Waals surface area (Å²) in [6, 6.07) is 7.35. The normalized spacial score (nSPS) is 21.3. The fourth-order valence-electron chi connectivity index (χ4n) is 1.94.